The molecule has 2 N–H and O–H groups in total. The lowest BCUT2D eigenvalue weighted by Crippen LogP contribution is -2.35. The number of fused-ring (bicyclic) bond motifs is 2. The Morgan fingerprint density at radius 3 is 1.30 bits per heavy atom. The normalized spacial score (nSPS) is 33.1. The zero-order valence-electron chi connectivity index (χ0n) is 17.6. The van der Waals surface area contributed by atoms with Crippen molar-refractivity contribution >= 4 is 12.2 Å². The summed E-state index contributed by atoms with van der Waals surface area (Å²) in [6, 6.07) is 0. The third kappa shape index (κ3) is 5.63. The monoisotopic (exact) mass is 412 g/mol. The molecular weight excluding hydrogens is 380 g/mol. The van der Waals surface area contributed by atoms with Crippen molar-refractivity contribution in [1.29, 1.82) is 0 Å². The highest BCUT2D eigenvalue weighted by Crippen LogP contribution is 2.53. The zero-order valence-corrected chi connectivity index (χ0v) is 17.6. The molecule has 2 saturated carbocycles. The third-order valence-electron chi connectivity index (χ3n) is 7.16. The van der Waals surface area contributed by atoms with E-state index in [0.29, 0.717) is 61.8 Å². The molecule has 4 rings (SSSR count). The van der Waals surface area contributed by atoms with E-state index < -0.39 is 12.2 Å². The number of alkyl carbamates (subject to hydrolysis) is 2. The van der Waals surface area contributed by atoms with Gasteiger partial charge in [0, 0.05) is 38.8 Å². The Hall–Kier alpha value is -2.34. The fraction of sp³-hybridized carbons (Fsp3) is 0.750. The van der Waals surface area contributed by atoms with Gasteiger partial charge in [0.25, 0.3) is 0 Å². The van der Waals surface area contributed by atoms with Gasteiger partial charge in [-0.15, -0.1) is 23.7 Å². The largest absolute Gasteiger partial charge is 0.449 e. The summed E-state index contributed by atoms with van der Waals surface area (Å²) in [5.74, 6) is 16.4. The Bertz CT molecular complexity index is 659. The van der Waals surface area contributed by atoms with E-state index in [9.17, 15) is 9.59 Å². The van der Waals surface area contributed by atoms with Crippen LogP contribution in [0.15, 0.2) is 0 Å². The molecule has 0 heterocycles. The van der Waals surface area contributed by atoms with Crippen molar-refractivity contribution in [3.8, 4) is 23.7 Å². The first-order valence-corrected chi connectivity index (χ1v) is 11.5. The first-order chi connectivity index (χ1) is 14.7. The second-order valence-corrected chi connectivity index (χ2v) is 8.90. The minimum absolute atomic E-state index is 0.325. The number of rotatable bonds is 7. The molecule has 0 aromatic heterocycles. The van der Waals surface area contributed by atoms with Gasteiger partial charge in [0.15, 0.2) is 0 Å². The number of carbonyl (C=O) groups excluding carboxylic acids is 2. The summed E-state index contributed by atoms with van der Waals surface area (Å²) in [5, 5.41) is 5.38. The van der Waals surface area contributed by atoms with E-state index in [-0.39, 0.29) is 0 Å². The van der Waals surface area contributed by atoms with Gasteiger partial charge in [0.1, 0.15) is 0 Å². The molecule has 2 fully saturated rings. The number of amides is 2. The van der Waals surface area contributed by atoms with Crippen LogP contribution >= 0.6 is 0 Å². The predicted octanol–water partition coefficient (Wildman–Crippen LogP) is 3.32. The van der Waals surface area contributed by atoms with E-state index in [0.717, 1.165) is 51.4 Å². The van der Waals surface area contributed by atoms with Gasteiger partial charge in [-0.05, 0) is 61.2 Å². The molecule has 6 atom stereocenters. The maximum Gasteiger partial charge on any atom is 0.407 e. The van der Waals surface area contributed by atoms with E-state index in [1.807, 2.05) is 0 Å². The summed E-state index contributed by atoms with van der Waals surface area (Å²) in [7, 11) is 0. The van der Waals surface area contributed by atoms with E-state index >= 15 is 0 Å². The summed E-state index contributed by atoms with van der Waals surface area (Å²) < 4.78 is 10.7. The predicted molar refractivity (Wildman–Crippen MR) is 112 cm³/mol. The van der Waals surface area contributed by atoms with E-state index in [1.54, 1.807) is 0 Å². The minimum Gasteiger partial charge on any atom is -0.449 e. The Balaban J connectivity index is 1.01. The van der Waals surface area contributed by atoms with Crippen molar-refractivity contribution < 1.29 is 19.1 Å². The van der Waals surface area contributed by atoms with Crippen LogP contribution in [-0.2, 0) is 9.47 Å². The lowest BCUT2D eigenvalue weighted by molar-refractivity contribution is 0.133. The fourth-order valence-corrected chi connectivity index (χ4v) is 5.34. The standard InChI is InChI=1S/C24H32N2O4/c27-23(29-15-21-17-9-5-1-2-6-10-18(17)21)25-13-14-26-24(28)30-16-22-19-11-7-3-4-8-12-20(19)22/h17-22H,5-16H2,(H,25,27)(H,26,28)/t17-,18+,19-,20+,21?,22?. The van der Waals surface area contributed by atoms with Crippen LogP contribution in [-0.4, -0.2) is 38.5 Å². The van der Waals surface area contributed by atoms with Gasteiger partial charge in [-0.2, -0.15) is 0 Å². The second-order valence-electron chi connectivity index (χ2n) is 8.90. The van der Waals surface area contributed by atoms with Crippen molar-refractivity contribution in [2.24, 2.45) is 35.5 Å². The molecule has 4 aliphatic rings. The Morgan fingerprint density at radius 2 is 0.967 bits per heavy atom. The molecule has 6 nitrogen and oxygen atoms in total. The molecule has 30 heavy (non-hydrogen) atoms. The molecule has 0 radical (unpaired) electrons. The second kappa shape index (κ2) is 10.1. The molecule has 0 aromatic rings. The molecule has 0 aliphatic heterocycles. The summed E-state index contributed by atoms with van der Waals surface area (Å²) >= 11 is 0. The molecule has 0 saturated heterocycles. The Labute approximate surface area is 179 Å². The summed E-state index contributed by atoms with van der Waals surface area (Å²) in [4.78, 5) is 23.7. The molecule has 0 spiro atoms. The quantitative estimate of drug-likeness (QED) is 0.497. The highest BCUT2D eigenvalue weighted by Gasteiger charge is 2.50. The van der Waals surface area contributed by atoms with Gasteiger partial charge in [-0.1, -0.05) is 0 Å². The van der Waals surface area contributed by atoms with Crippen LogP contribution in [0.2, 0.25) is 0 Å². The molecular formula is C24H32N2O4. The van der Waals surface area contributed by atoms with Gasteiger partial charge >= 0.3 is 12.2 Å². The van der Waals surface area contributed by atoms with Gasteiger partial charge in [0.2, 0.25) is 0 Å². The summed E-state index contributed by atoms with van der Waals surface area (Å²) in [6.45, 7) is 1.60. The van der Waals surface area contributed by atoms with Crippen LogP contribution in [0.5, 0.6) is 0 Å². The highest BCUT2D eigenvalue weighted by molar-refractivity contribution is 5.68. The summed E-state index contributed by atoms with van der Waals surface area (Å²) in [5.41, 5.74) is 0. The first kappa shape index (κ1) is 20.9. The molecule has 162 valence electrons. The number of hydrogen-bond donors (Lipinski definition) is 2. The van der Waals surface area contributed by atoms with Crippen molar-refractivity contribution in [1.82, 2.24) is 10.6 Å². The van der Waals surface area contributed by atoms with Gasteiger partial charge in [0.05, 0.1) is 13.2 Å². The van der Waals surface area contributed by atoms with Crippen LogP contribution in [0, 0.1) is 59.2 Å². The molecule has 2 amide bonds. The van der Waals surface area contributed by atoms with Gasteiger partial charge in [-0.3, -0.25) is 0 Å². The maximum absolute atomic E-state index is 11.9. The molecule has 2 unspecified atom stereocenters. The van der Waals surface area contributed by atoms with Crippen molar-refractivity contribution in [3.05, 3.63) is 0 Å². The van der Waals surface area contributed by atoms with Crippen LogP contribution in [0.1, 0.15) is 51.4 Å². The number of carbonyl (C=O) groups is 2. The van der Waals surface area contributed by atoms with E-state index in [4.69, 9.17) is 9.47 Å². The van der Waals surface area contributed by atoms with Crippen molar-refractivity contribution in [2.45, 2.75) is 51.4 Å². The summed E-state index contributed by atoms with van der Waals surface area (Å²) in [6.07, 6.45) is 7.49. The SMILES string of the molecule is O=C(NCCNC(=O)OCC1[C@H]2CCC#CCC[C@@H]12)OCC1[C@H]2CCC#CCC[C@@H]12. The average Bonchev–Trinajstić information content (AvgIpc) is 3.55. The van der Waals surface area contributed by atoms with Crippen molar-refractivity contribution in [2.75, 3.05) is 26.3 Å². The van der Waals surface area contributed by atoms with Crippen LogP contribution in [0.4, 0.5) is 9.59 Å². The average molecular weight is 413 g/mol. The van der Waals surface area contributed by atoms with Gasteiger partial charge in [-0.25, -0.2) is 9.59 Å². The van der Waals surface area contributed by atoms with E-state index in [1.165, 1.54) is 0 Å². The smallest absolute Gasteiger partial charge is 0.407 e. The van der Waals surface area contributed by atoms with Crippen LogP contribution in [0.25, 0.3) is 0 Å². The lowest BCUT2D eigenvalue weighted by atomic mass is 10.1. The van der Waals surface area contributed by atoms with Crippen LogP contribution < -0.4 is 10.6 Å². The van der Waals surface area contributed by atoms with Gasteiger partial charge < -0.3 is 20.1 Å². The molecule has 4 aliphatic carbocycles. The maximum atomic E-state index is 11.9. The zero-order chi connectivity index (χ0) is 20.8. The first-order valence-electron chi connectivity index (χ1n) is 11.5. The van der Waals surface area contributed by atoms with E-state index in [2.05, 4.69) is 34.3 Å². The number of ether oxygens (including phenoxy) is 2. The van der Waals surface area contributed by atoms with Crippen molar-refractivity contribution in [3.63, 3.8) is 0 Å². The fourth-order valence-electron chi connectivity index (χ4n) is 5.34. The third-order valence-corrected chi connectivity index (χ3v) is 7.16. The molecule has 0 aromatic carbocycles. The van der Waals surface area contributed by atoms with Crippen LogP contribution in [0.3, 0.4) is 0 Å². The Morgan fingerprint density at radius 1 is 0.633 bits per heavy atom. The number of hydrogen-bond acceptors (Lipinski definition) is 4. The highest BCUT2D eigenvalue weighted by atomic mass is 16.6. The lowest BCUT2D eigenvalue weighted by Gasteiger charge is -2.09. The minimum atomic E-state index is -0.419. The topological polar surface area (TPSA) is 76.7 Å². The number of nitrogens with one attached hydrogen (secondary N) is 2. The molecule has 0 bridgehead atoms. The Kier molecular flexibility index (Phi) is 7.05. The molecule has 6 heteroatoms.